The summed E-state index contributed by atoms with van der Waals surface area (Å²) in [5.41, 5.74) is 1.66. The standard InChI is InChI=1S/C19H20N4O3S/c1-3-26-15-6-4-14(5-7-15)16-10-18(24)23(12-21-16)9-8-20-19(25)17-11-27-13(2)22-17/h4-7,10-12H,3,8-9H2,1-2H3,(H,20,25). The quantitative estimate of drug-likeness (QED) is 0.676. The van der Waals surface area contributed by atoms with E-state index in [1.165, 1.54) is 28.3 Å². The lowest BCUT2D eigenvalue weighted by Crippen LogP contribution is -2.31. The maximum absolute atomic E-state index is 12.3. The second kappa shape index (κ2) is 8.59. The number of aryl methyl sites for hydroxylation is 1. The Balaban J connectivity index is 1.61. The predicted molar refractivity (Wildman–Crippen MR) is 104 cm³/mol. The van der Waals surface area contributed by atoms with E-state index in [0.717, 1.165) is 16.3 Å². The van der Waals surface area contributed by atoms with Crippen LogP contribution in [-0.2, 0) is 6.54 Å². The van der Waals surface area contributed by atoms with Crippen molar-refractivity contribution in [1.82, 2.24) is 19.9 Å². The third kappa shape index (κ3) is 4.79. The topological polar surface area (TPSA) is 86.1 Å². The second-order valence-electron chi connectivity index (χ2n) is 5.77. The van der Waals surface area contributed by atoms with Crippen molar-refractivity contribution in [2.45, 2.75) is 20.4 Å². The molecule has 2 aromatic heterocycles. The molecule has 0 unspecified atom stereocenters. The minimum absolute atomic E-state index is 0.173. The number of thiazole rings is 1. The number of hydrogen-bond acceptors (Lipinski definition) is 6. The number of carbonyl (C=O) groups excluding carboxylic acids is 1. The molecule has 0 saturated heterocycles. The zero-order chi connectivity index (χ0) is 19.2. The highest BCUT2D eigenvalue weighted by atomic mass is 32.1. The van der Waals surface area contributed by atoms with Crippen molar-refractivity contribution < 1.29 is 9.53 Å². The van der Waals surface area contributed by atoms with Crippen LogP contribution < -0.4 is 15.6 Å². The molecule has 0 bridgehead atoms. The van der Waals surface area contributed by atoms with Crippen LogP contribution in [0, 0.1) is 6.92 Å². The molecule has 0 spiro atoms. The number of carbonyl (C=O) groups is 1. The van der Waals surface area contributed by atoms with Crippen LogP contribution in [-0.4, -0.2) is 33.6 Å². The number of nitrogens with one attached hydrogen (secondary N) is 1. The number of hydrogen-bond donors (Lipinski definition) is 1. The van der Waals surface area contributed by atoms with Crippen LogP contribution in [0.4, 0.5) is 0 Å². The molecule has 0 fully saturated rings. The Labute approximate surface area is 160 Å². The average molecular weight is 384 g/mol. The van der Waals surface area contributed by atoms with Gasteiger partial charge in [-0.05, 0) is 38.1 Å². The van der Waals surface area contributed by atoms with Crippen molar-refractivity contribution in [1.29, 1.82) is 0 Å². The fourth-order valence-corrected chi connectivity index (χ4v) is 3.08. The third-order valence-corrected chi connectivity index (χ3v) is 4.60. The molecule has 140 valence electrons. The van der Waals surface area contributed by atoms with E-state index >= 15 is 0 Å². The predicted octanol–water partition coefficient (Wildman–Crippen LogP) is 2.50. The largest absolute Gasteiger partial charge is 0.494 e. The third-order valence-electron chi connectivity index (χ3n) is 3.83. The van der Waals surface area contributed by atoms with E-state index in [4.69, 9.17) is 4.74 Å². The molecule has 0 aliphatic rings. The van der Waals surface area contributed by atoms with Crippen LogP contribution in [0.15, 0.2) is 46.8 Å². The summed E-state index contributed by atoms with van der Waals surface area (Å²) in [5, 5.41) is 5.31. The lowest BCUT2D eigenvalue weighted by atomic mass is 10.1. The summed E-state index contributed by atoms with van der Waals surface area (Å²) < 4.78 is 6.87. The van der Waals surface area contributed by atoms with Gasteiger partial charge in [0.05, 0.1) is 23.6 Å². The molecule has 7 nitrogen and oxygen atoms in total. The van der Waals surface area contributed by atoms with Crippen molar-refractivity contribution in [2.24, 2.45) is 0 Å². The van der Waals surface area contributed by atoms with Gasteiger partial charge in [-0.15, -0.1) is 11.3 Å². The minimum Gasteiger partial charge on any atom is -0.494 e. The fraction of sp³-hybridized carbons (Fsp3) is 0.263. The van der Waals surface area contributed by atoms with Crippen LogP contribution in [0.25, 0.3) is 11.3 Å². The highest BCUT2D eigenvalue weighted by molar-refractivity contribution is 7.09. The van der Waals surface area contributed by atoms with E-state index in [0.29, 0.717) is 31.1 Å². The van der Waals surface area contributed by atoms with Crippen molar-refractivity contribution in [3.8, 4) is 17.0 Å². The molecule has 1 aromatic carbocycles. The van der Waals surface area contributed by atoms with E-state index in [1.807, 2.05) is 38.1 Å². The van der Waals surface area contributed by atoms with Gasteiger partial charge in [-0.2, -0.15) is 0 Å². The molecule has 1 N–H and O–H groups in total. The molecule has 2 heterocycles. The molecular formula is C19H20N4O3S. The first-order valence-electron chi connectivity index (χ1n) is 8.57. The zero-order valence-corrected chi connectivity index (χ0v) is 16.0. The Hall–Kier alpha value is -3.00. The van der Waals surface area contributed by atoms with Gasteiger partial charge in [0.1, 0.15) is 11.4 Å². The normalized spacial score (nSPS) is 10.6. The molecule has 0 saturated carbocycles. The summed E-state index contributed by atoms with van der Waals surface area (Å²) in [6, 6.07) is 8.92. The number of ether oxygens (including phenoxy) is 1. The Bertz CT molecular complexity index is 979. The minimum atomic E-state index is -0.244. The second-order valence-corrected chi connectivity index (χ2v) is 6.83. The lowest BCUT2D eigenvalue weighted by Gasteiger charge is -2.08. The monoisotopic (exact) mass is 384 g/mol. The van der Waals surface area contributed by atoms with Gasteiger partial charge in [0.2, 0.25) is 0 Å². The van der Waals surface area contributed by atoms with Gasteiger partial charge in [0, 0.05) is 30.1 Å². The highest BCUT2D eigenvalue weighted by Crippen LogP contribution is 2.19. The Morgan fingerprint density at radius 3 is 2.70 bits per heavy atom. The molecule has 3 aromatic rings. The summed E-state index contributed by atoms with van der Waals surface area (Å²) in [7, 11) is 0. The van der Waals surface area contributed by atoms with Crippen molar-refractivity contribution in [3.63, 3.8) is 0 Å². The molecule has 27 heavy (non-hydrogen) atoms. The van der Waals surface area contributed by atoms with Gasteiger partial charge in [0.15, 0.2) is 0 Å². The molecule has 0 radical (unpaired) electrons. The van der Waals surface area contributed by atoms with Gasteiger partial charge in [-0.25, -0.2) is 9.97 Å². The number of amides is 1. The molecule has 0 atom stereocenters. The summed E-state index contributed by atoms with van der Waals surface area (Å²) in [5.74, 6) is 0.534. The summed E-state index contributed by atoms with van der Waals surface area (Å²) in [6.07, 6.45) is 1.49. The van der Waals surface area contributed by atoms with Gasteiger partial charge in [0.25, 0.3) is 11.5 Å². The first kappa shape index (κ1) is 18.8. The van der Waals surface area contributed by atoms with Gasteiger partial charge >= 0.3 is 0 Å². The summed E-state index contributed by atoms with van der Waals surface area (Å²) in [4.78, 5) is 32.7. The van der Waals surface area contributed by atoms with Crippen LogP contribution in [0.2, 0.25) is 0 Å². The SMILES string of the molecule is CCOc1ccc(-c2cc(=O)n(CCNC(=O)c3csc(C)n3)cn2)cc1. The van der Waals surface area contributed by atoms with Gasteiger partial charge in [-0.3, -0.25) is 14.2 Å². The van der Waals surface area contributed by atoms with E-state index < -0.39 is 0 Å². The molecule has 0 aliphatic heterocycles. The number of nitrogens with zero attached hydrogens (tertiary/aromatic N) is 3. The summed E-state index contributed by atoms with van der Waals surface area (Å²) >= 11 is 1.42. The lowest BCUT2D eigenvalue weighted by molar-refractivity contribution is 0.0947. The highest BCUT2D eigenvalue weighted by Gasteiger charge is 2.09. The number of benzene rings is 1. The van der Waals surface area contributed by atoms with Crippen molar-refractivity contribution in [2.75, 3.05) is 13.2 Å². The van der Waals surface area contributed by atoms with Crippen LogP contribution in [0.1, 0.15) is 22.4 Å². The molecule has 1 amide bonds. The van der Waals surface area contributed by atoms with Gasteiger partial charge in [-0.1, -0.05) is 0 Å². The Morgan fingerprint density at radius 2 is 2.07 bits per heavy atom. The Morgan fingerprint density at radius 1 is 1.30 bits per heavy atom. The average Bonchev–Trinajstić information content (AvgIpc) is 3.10. The molecule has 8 heteroatoms. The van der Waals surface area contributed by atoms with E-state index in [2.05, 4.69) is 15.3 Å². The van der Waals surface area contributed by atoms with Crippen LogP contribution >= 0.6 is 11.3 Å². The van der Waals surface area contributed by atoms with E-state index in [-0.39, 0.29) is 11.5 Å². The first-order chi connectivity index (χ1) is 13.1. The van der Waals surface area contributed by atoms with E-state index in [1.54, 1.807) is 5.38 Å². The van der Waals surface area contributed by atoms with Gasteiger partial charge < -0.3 is 10.1 Å². The summed E-state index contributed by atoms with van der Waals surface area (Å²) in [6.45, 7) is 5.03. The van der Waals surface area contributed by atoms with Crippen molar-refractivity contribution in [3.05, 3.63) is 63.1 Å². The number of rotatable bonds is 7. The number of aromatic nitrogens is 3. The van der Waals surface area contributed by atoms with E-state index in [9.17, 15) is 9.59 Å². The molecule has 3 rings (SSSR count). The maximum atomic E-state index is 12.3. The fourth-order valence-electron chi connectivity index (χ4n) is 2.49. The van der Waals surface area contributed by atoms with Crippen molar-refractivity contribution >= 4 is 17.2 Å². The van der Waals surface area contributed by atoms with Crippen LogP contribution in [0.5, 0.6) is 5.75 Å². The first-order valence-corrected chi connectivity index (χ1v) is 9.45. The van der Waals surface area contributed by atoms with Crippen LogP contribution in [0.3, 0.4) is 0 Å². The zero-order valence-electron chi connectivity index (χ0n) is 15.1. The smallest absolute Gasteiger partial charge is 0.270 e. The maximum Gasteiger partial charge on any atom is 0.270 e. The molecule has 0 aliphatic carbocycles. The Kier molecular flexibility index (Phi) is 5.97. The molecular weight excluding hydrogens is 364 g/mol.